The largest absolute Gasteiger partial charge is 0.368 e. The minimum absolute atomic E-state index is 0.00870. The van der Waals surface area contributed by atoms with Crippen LogP contribution in [0.1, 0.15) is 20.3 Å². The molecular weight excluding hydrogens is 239 g/mol. The molecule has 0 aliphatic heterocycles. The van der Waals surface area contributed by atoms with E-state index in [1.165, 1.54) is 17.8 Å². The molecule has 0 aliphatic rings. The lowest BCUT2D eigenvalue weighted by atomic mass is 9.97. The predicted molar refractivity (Wildman–Crippen MR) is 68.1 cm³/mol. The number of primary amides is 1. The normalized spacial score (nSPS) is 16.2. The third-order valence-corrected chi connectivity index (χ3v) is 3.59. The first-order chi connectivity index (χ1) is 7.83. The van der Waals surface area contributed by atoms with Crippen molar-refractivity contribution in [3.8, 4) is 0 Å². The summed E-state index contributed by atoms with van der Waals surface area (Å²) in [4.78, 5) is 11.6. The van der Waals surface area contributed by atoms with E-state index in [1.54, 1.807) is 25.1 Å². The average molecular weight is 256 g/mol. The molecule has 0 aliphatic carbocycles. The van der Waals surface area contributed by atoms with Crippen LogP contribution in [-0.2, 0) is 4.79 Å². The Labute approximate surface area is 105 Å². The Kier molecular flexibility index (Phi) is 4.54. The molecule has 0 radical (unpaired) electrons. The van der Waals surface area contributed by atoms with E-state index < -0.39 is 11.4 Å². The second kappa shape index (κ2) is 5.51. The van der Waals surface area contributed by atoms with Gasteiger partial charge in [0.15, 0.2) is 0 Å². The van der Waals surface area contributed by atoms with E-state index in [-0.39, 0.29) is 11.1 Å². The van der Waals surface area contributed by atoms with E-state index >= 15 is 0 Å². The summed E-state index contributed by atoms with van der Waals surface area (Å²) in [6, 6.07) is 6.52. The Balaban J connectivity index is 2.65. The number of thioether (sulfide) groups is 1. The quantitative estimate of drug-likeness (QED) is 0.790. The minimum Gasteiger partial charge on any atom is -0.368 e. The van der Waals surface area contributed by atoms with E-state index in [2.05, 4.69) is 0 Å². The van der Waals surface area contributed by atoms with Crippen molar-refractivity contribution in [2.75, 3.05) is 0 Å². The number of hydrogen-bond acceptors (Lipinski definition) is 3. The van der Waals surface area contributed by atoms with Gasteiger partial charge in [-0.1, -0.05) is 19.1 Å². The van der Waals surface area contributed by atoms with Gasteiger partial charge >= 0.3 is 0 Å². The standard InChI is InChI=1S/C12H17FN2OS/c1-8(7-12(2,15)11(14)16)17-10-6-4-3-5-9(10)13/h3-6,8H,7,15H2,1-2H3,(H2,14,16). The zero-order chi connectivity index (χ0) is 13.1. The lowest BCUT2D eigenvalue weighted by molar-refractivity contribution is -0.122. The van der Waals surface area contributed by atoms with Gasteiger partial charge in [0.25, 0.3) is 0 Å². The second-order valence-electron chi connectivity index (χ2n) is 4.34. The summed E-state index contributed by atoms with van der Waals surface area (Å²) >= 11 is 1.35. The highest BCUT2D eigenvalue weighted by molar-refractivity contribution is 8.00. The second-order valence-corrected chi connectivity index (χ2v) is 5.82. The summed E-state index contributed by atoms with van der Waals surface area (Å²) in [5, 5.41) is 0.00870. The van der Waals surface area contributed by atoms with Crippen molar-refractivity contribution in [2.24, 2.45) is 11.5 Å². The summed E-state index contributed by atoms with van der Waals surface area (Å²) in [5.74, 6) is -0.805. The molecule has 94 valence electrons. The van der Waals surface area contributed by atoms with E-state index in [0.29, 0.717) is 11.3 Å². The van der Waals surface area contributed by atoms with Crippen LogP contribution >= 0.6 is 11.8 Å². The fourth-order valence-corrected chi connectivity index (χ4v) is 2.70. The van der Waals surface area contributed by atoms with Gasteiger partial charge in [0.1, 0.15) is 5.82 Å². The van der Waals surface area contributed by atoms with Gasteiger partial charge in [-0.2, -0.15) is 0 Å². The molecule has 17 heavy (non-hydrogen) atoms. The number of halogens is 1. The molecule has 5 heteroatoms. The number of carbonyl (C=O) groups excluding carboxylic acids is 1. The molecule has 0 heterocycles. The molecule has 1 rings (SSSR count). The number of amides is 1. The fourth-order valence-electron chi connectivity index (χ4n) is 1.50. The molecule has 1 aromatic carbocycles. The van der Waals surface area contributed by atoms with Gasteiger partial charge in [-0.05, 0) is 25.5 Å². The van der Waals surface area contributed by atoms with E-state index in [0.717, 1.165) is 0 Å². The number of carbonyl (C=O) groups is 1. The maximum Gasteiger partial charge on any atom is 0.237 e. The Morgan fingerprint density at radius 2 is 2.12 bits per heavy atom. The van der Waals surface area contributed by atoms with E-state index in [4.69, 9.17) is 11.5 Å². The zero-order valence-corrected chi connectivity index (χ0v) is 10.8. The first-order valence-corrected chi connectivity index (χ1v) is 6.21. The van der Waals surface area contributed by atoms with Gasteiger partial charge in [-0.25, -0.2) is 4.39 Å². The number of rotatable bonds is 5. The first-order valence-electron chi connectivity index (χ1n) is 5.33. The summed E-state index contributed by atoms with van der Waals surface area (Å²) in [7, 11) is 0. The molecule has 1 amide bonds. The van der Waals surface area contributed by atoms with Crippen LogP contribution in [0.25, 0.3) is 0 Å². The lowest BCUT2D eigenvalue weighted by Crippen LogP contribution is -2.50. The molecule has 3 nitrogen and oxygen atoms in total. The van der Waals surface area contributed by atoms with Crippen LogP contribution < -0.4 is 11.5 Å². The molecule has 0 bridgehead atoms. The number of benzene rings is 1. The van der Waals surface area contributed by atoms with Crippen molar-refractivity contribution in [1.82, 2.24) is 0 Å². The molecule has 0 aromatic heterocycles. The van der Waals surface area contributed by atoms with Crippen LogP contribution in [0.3, 0.4) is 0 Å². The van der Waals surface area contributed by atoms with Crippen molar-refractivity contribution in [2.45, 2.75) is 36.0 Å². The topological polar surface area (TPSA) is 69.1 Å². The third-order valence-electron chi connectivity index (χ3n) is 2.44. The van der Waals surface area contributed by atoms with Gasteiger partial charge in [0, 0.05) is 10.1 Å². The Bertz CT molecular complexity index is 409. The molecule has 0 saturated carbocycles. The van der Waals surface area contributed by atoms with Gasteiger partial charge < -0.3 is 11.5 Å². The highest BCUT2D eigenvalue weighted by atomic mass is 32.2. The molecule has 4 N–H and O–H groups in total. The Morgan fingerprint density at radius 1 is 1.53 bits per heavy atom. The highest BCUT2D eigenvalue weighted by Crippen LogP contribution is 2.29. The first kappa shape index (κ1) is 14.0. The molecular formula is C12H17FN2OS. The van der Waals surface area contributed by atoms with Crippen molar-refractivity contribution < 1.29 is 9.18 Å². The van der Waals surface area contributed by atoms with Crippen molar-refractivity contribution in [3.63, 3.8) is 0 Å². The maximum absolute atomic E-state index is 13.4. The van der Waals surface area contributed by atoms with E-state index in [1.807, 2.05) is 6.92 Å². The molecule has 0 spiro atoms. The van der Waals surface area contributed by atoms with Crippen LogP contribution in [0.5, 0.6) is 0 Å². The van der Waals surface area contributed by atoms with Crippen LogP contribution in [0.4, 0.5) is 4.39 Å². The number of nitrogens with two attached hydrogens (primary N) is 2. The summed E-state index contributed by atoms with van der Waals surface area (Å²) < 4.78 is 13.4. The molecule has 0 fully saturated rings. The SMILES string of the molecule is CC(CC(C)(N)C(N)=O)Sc1ccccc1F. The van der Waals surface area contributed by atoms with Gasteiger partial charge in [-0.3, -0.25) is 4.79 Å². The van der Waals surface area contributed by atoms with E-state index in [9.17, 15) is 9.18 Å². The zero-order valence-electron chi connectivity index (χ0n) is 9.94. The van der Waals surface area contributed by atoms with Crippen LogP contribution in [-0.4, -0.2) is 16.7 Å². The lowest BCUT2D eigenvalue weighted by Gasteiger charge is -2.24. The van der Waals surface area contributed by atoms with Crippen LogP contribution in [0.15, 0.2) is 29.2 Å². The third kappa shape index (κ3) is 4.02. The van der Waals surface area contributed by atoms with Crippen LogP contribution in [0.2, 0.25) is 0 Å². The minimum atomic E-state index is -1.06. The van der Waals surface area contributed by atoms with Crippen molar-refractivity contribution in [3.05, 3.63) is 30.1 Å². The monoisotopic (exact) mass is 256 g/mol. The van der Waals surface area contributed by atoms with Crippen molar-refractivity contribution in [1.29, 1.82) is 0 Å². The molecule has 1 aromatic rings. The van der Waals surface area contributed by atoms with Crippen LogP contribution in [0, 0.1) is 5.82 Å². The molecule has 0 saturated heterocycles. The fraction of sp³-hybridized carbons (Fsp3) is 0.417. The Morgan fingerprint density at radius 3 is 2.65 bits per heavy atom. The summed E-state index contributed by atoms with van der Waals surface area (Å²) in [6.45, 7) is 3.49. The maximum atomic E-state index is 13.4. The molecule has 2 unspecified atom stereocenters. The van der Waals surface area contributed by atoms with Gasteiger partial charge in [0.05, 0.1) is 5.54 Å². The summed E-state index contributed by atoms with van der Waals surface area (Å²) in [5.41, 5.74) is 9.91. The summed E-state index contributed by atoms with van der Waals surface area (Å²) in [6.07, 6.45) is 0.404. The van der Waals surface area contributed by atoms with Gasteiger partial charge in [-0.15, -0.1) is 11.8 Å². The predicted octanol–water partition coefficient (Wildman–Crippen LogP) is 1.90. The molecule has 2 atom stereocenters. The Hall–Kier alpha value is -1.07. The average Bonchev–Trinajstić information content (AvgIpc) is 2.20. The highest BCUT2D eigenvalue weighted by Gasteiger charge is 2.28. The van der Waals surface area contributed by atoms with Crippen molar-refractivity contribution >= 4 is 17.7 Å². The van der Waals surface area contributed by atoms with Gasteiger partial charge in [0.2, 0.25) is 5.91 Å². The number of hydrogen-bond donors (Lipinski definition) is 2. The smallest absolute Gasteiger partial charge is 0.237 e.